The number of rotatable bonds is 2. The Bertz CT molecular complexity index is 1040. The number of benzene rings is 2. The largest absolute Gasteiger partial charge is 0.324 e. The van der Waals surface area contributed by atoms with Crippen molar-refractivity contribution >= 4 is 29.4 Å². The normalized spacial score (nSPS) is 18.0. The number of anilines is 1. The summed E-state index contributed by atoms with van der Waals surface area (Å²) < 4.78 is 27.0. The minimum absolute atomic E-state index is 0.0201. The number of nitrogens with one attached hydrogen (secondary N) is 1. The molecule has 0 aromatic heterocycles. The Kier molecular flexibility index (Phi) is 6.40. The first-order valence-electron chi connectivity index (χ1n) is 11.2. The van der Waals surface area contributed by atoms with Gasteiger partial charge in [0, 0.05) is 37.0 Å². The molecule has 2 aromatic rings. The molecule has 2 heterocycles. The van der Waals surface area contributed by atoms with E-state index in [0.717, 1.165) is 17.9 Å². The van der Waals surface area contributed by atoms with Crippen LogP contribution in [0.15, 0.2) is 42.5 Å². The number of likely N-dealkylation sites (tertiary alicyclic amines) is 1. The van der Waals surface area contributed by atoms with E-state index in [1.165, 1.54) is 11.6 Å². The molecule has 176 valence electrons. The quantitative estimate of drug-likeness (QED) is 0.629. The summed E-state index contributed by atoms with van der Waals surface area (Å²) in [6.07, 6.45) is 1.28. The molecule has 8 heteroatoms. The number of hydrogen-bond acceptors (Lipinski definition) is 3. The number of thioether (sulfide) groups is 1. The molecule has 0 bridgehead atoms. The molecular formula is C25H29F2N3O2S. The van der Waals surface area contributed by atoms with Crippen molar-refractivity contribution in [3.8, 4) is 0 Å². The zero-order chi connectivity index (χ0) is 23.8. The third-order valence-electron chi connectivity index (χ3n) is 6.43. The van der Waals surface area contributed by atoms with E-state index < -0.39 is 17.7 Å². The Morgan fingerprint density at radius 2 is 1.67 bits per heavy atom. The van der Waals surface area contributed by atoms with Crippen LogP contribution >= 0.6 is 11.8 Å². The molecule has 2 saturated heterocycles. The zero-order valence-electron chi connectivity index (χ0n) is 19.2. The van der Waals surface area contributed by atoms with Crippen LogP contribution in [0.3, 0.4) is 0 Å². The van der Waals surface area contributed by atoms with Gasteiger partial charge >= 0.3 is 6.03 Å². The molecule has 0 saturated carbocycles. The Hall–Kier alpha value is -2.61. The summed E-state index contributed by atoms with van der Waals surface area (Å²) >= 11 is 1.77. The highest BCUT2D eigenvalue weighted by atomic mass is 32.2. The van der Waals surface area contributed by atoms with Crippen LogP contribution in [0.2, 0.25) is 0 Å². The van der Waals surface area contributed by atoms with E-state index in [-0.39, 0.29) is 21.9 Å². The highest BCUT2D eigenvalue weighted by molar-refractivity contribution is 8.00. The van der Waals surface area contributed by atoms with Gasteiger partial charge in [0.15, 0.2) is 0 Å². The van der Waals surface area contributed by atoms with Crippen molar-refractivity contribution in [2.24, 2.45) is 0 Å². The number of hydrogen-bond donors (Lipinski definition) is 1. The Morgan fingerprint density at radius 1 is 1.00 bits per heavy atom. The standard InChI is InChI=1S/C25H29F2N3O2S/c1-24(2,3)18-6-4-17(5-7-18)22(31)30-14-15-33-25(30)10-12-29(13-11-25)23(32)28-21-9-8-19(26)16-20(21)27/h4-9,16H,10-15H2,1-3H3,(H,28,32). The third-order valence-corrected chi connectivity index (χ3v) is 7.98. The Balaban J connectivity index is 1.41. The molecule has 0 unspecified atom stereocenters. The monoisotopic (exact) mass is 473 g/mol. The lowest BCUT2D eigenvalue weighted by atomic mass is 9.86. The molecule has 5 nitrogen and oxygen atoms in total. The van der Waals surface area contributed by atoms with E-state index in [1.807, 2.05) is 29.2 Å². The lowest BCUT2D eigenvalue weighted by molar-refractivity contribution is 0.0585. The molecule has 0 radical (unpaired) electrons. The first-order valence-corrected chi connectivity index (χ1v) is 12.2. The fraction of sp³-hybridized carbons (Fsp3) is 0.440. The summed E-state index contributed by atoms with van der Waals surface area (Å²) in [5.74, 6) is -0.621. The Labute approximate surface area is 197 Å². The molecule has 1 spiro atoms. The molecule has 4 rings (SSSR count). The maximum Gasteiger partial charge on any atom is 0.321 e. The van der Waals surface area contributed by atoms with E-state index in [9.17, 15) is 18.4 Å². The number of halogens is 2. The minimum Gasteiger partial charge on any atom is -0.324 e. The van der Waals surface area contributed by atoms with E-state index in [4.69, 9.17) is 0 Å². The minimum atomic E-state index is -0.808. The molecule has 2 aliphatic heterocycles. The topological polar surface area (TPSA) is 52.7 Å². The van der Waals surface area contributed by atoms with Crippen LogP contribution in [0.25, 0.3) is 0 Å². The highest BCUT2D eigenvalue weighted by Gasteiger charge is 2.47. The van der Waals surface area contributed by atoms with Gasteiger partial charge < -0.3 is 15.1 Å². The number of urea groups is 1. The first kappa shape index (κ1) is 23.5. The number of piperidine rings is 1. The molecule has 33 heavy (non-hydrogen) atoms. The fourth-order valence-electron chi connectivity index (χ4n) is 4.42. The zero-order valence-corrected chi connectivity index (χ0v) is 20.0. The number of nitrogens with zero attached hydrogens (tertiary/aromatic N) is 2. The maximum atomic E-state index is 13.9. The van der Waals surface area contributed by atoms with E-state index in [1.54, 1.807) is 16.7 Å². The highest BCUT2D eigenvalue weighted by Crippen LogP contribution is 2.44. The fourth-order valence-corrected chi connectivity index (χ4v) is 5.88. The van der Waals surface area contributed by atoms with Crippen molar-refractivity contribution in [1.29, 1.82) is 0 Å². The number of amides is 3. The van der Waals surface area contributed by atoms with Gasteiger partial charge in [-0.3, -0.25) is 4.79 Å². The molecule has 2 aromatic carbocycles. The summed E-state index contributed by atoms with van der Waals surface area (Å²) in [6, 6.07) is 10.5. The van der Waals surface area contributed by atoms with Crippen molar-refractivity contribution in [3.05, 3.63) is 65.2 Å². The van der Waals surface area contributed by atoms with Gasteiger partial charge in [-0.1, -0.05) is 32.9 Å². The third kappa shape index (κ3) is 4.86. The van der Waals surface area contributed by atoms with E-state index in [0.29, 0.717) is 38.0 Å². The molecule has 0 atom stereocenters. The Morgan fingerprint density at radius 3 is 2.27 bits per heavy atom. The average Bonchev–Trinajstić information content (AvgIpc) is 3.18. The van der Waals surface area contributed by atoms with Crippen LogP contribution < -0.4 is 5.32 Å². The molecule has 3 amide bonds. The van der Waals surface area contributed by atoms with Crippen molar-refractivity contribution in [2.75, 3.05) is 30.7 Å². The smallest absolute Gasteiger partial charge is 0.321 e. The second-order valence-electron chi connectivity index (χ2n) is 9.62. The molecule has 2 fully saturated rings. The van der Waals surface area contributed by atoms with Gasteiger partial charge in [-0.05, 0) is 48.1 Å². The van der Waals surface area contributed by atoms with Crippen molar-refractivity contribution in [3.63, 3.8) is 0 Å². The summed E-state index contributed by atoms with van der Waals surface area (Å²) in [7, 11) is 0. The number of carbonyl (C=O) groups excluding carboxylic acids is 2. The van der Waals surface area contributed by atoms with Crippen LogP contribution in [-0.4, -0.2) is 52.0 Å². The van der Waals surface area contributed by atoms with Crippen molar-refractivity contribution < 1.29 is 18.4 Å². The molecule has 1 N–H and O–H groups in total. The van der Waals surface area contributed by atoms with Crippen molar-refractivity contribution in [1.82, 2.24) is 9.80 Å². The van der Waals surface area contributed by atoms with Gasteiger partial charge in [0.1, 0.15) is 11.6 Å². The van der Waals surface area contributed by atoms with Gasteiger partial charge in [0.25, 0.3) is 5.91 Å². The summed E-state index contributed by atoms with van der Waals surface area (Å²) in [5.41, 5.74) is 1.84. The van der Waals surface area contributed by atoms with Crippen LogP contribution in [0, 0.1) is 11.6 Å². The second kappa shape index (κ2) is 8.97. The summed E-state index contributed by atoms with van der Waals surface area (Å²) in [4.78, 5) is 29.2. The average molecular weight is 474 g/mol. The van der Waals surface area contributed by atoms with Crippen molar-refractivity contribution in [2.45, 2.75) is 43.9 Å². The lowest BCUT2D eigenvalue weighted by Crippen LogP contribution is -2.54. The summed E-state index contributed by atoms with van der Waals surface area (Å²) in [5, 5.41) is 2.52. The van der Waals surface area contributed by atoms with Gasteiger partial charge in [0.2, 0.25) is 0 Å². The van der Waals surface area contributed by atoms with Crippen LogP contribution in [0.5, 0.6) is 0 Å². The SMILES string of the molecule is CC(C)(C)c1ccc(C(=O)N2CCSC23CCN(C(=O)Nc2ccc(F)cc2F)CC3)cc1. The maximum absolute atomic E-state index is 13.9. The van der Waals surface area contributed by atoms with Gasteiger partial charge in [-0.15, -0.1) is 11.8 Å². The van der Waals surface area contributed by atoms with Gasteiger partial charge in [0.05, 0.1) is 10.6 Å². The van der Waals surface area contributed by atoms with Crippen LogP contribution in [0.4, 0.5) is 19.3 Å². The van der Waals surface area contributed by atoms with Gasteiger partial charge in [-0.25, -0.2) is 13.6 Å². The predicted octanol–water partition coefficient (Wildman–Crippen LogP) is 5.48. The van der Waals surface area contributed by atoms with Crippen LogP contribution in [0.1, 0.15) is 49.5 Å². The van der Waals surface area contributed by atoms with E-state index >= 15 is 0 Å². The molecule has 2 aliphatic rings. The van der Waals surface area contributed by atoms with Crippen LogP contribution in [-0.2, 0) is 5.41 Å². The lowest BCUT2D eigenvalue weighted by Gasteiger charge is -2.44. The molecular weight excluding hydrogens is 444 g/mol. The second-order valence-corrected chi connectivity index (χ2v) is 11.1. The van der Waals surface area contributed by atoms with Gasteiger partial charge in [-0.2, -0.15) is 0 Å². The van der Waals surface area contributed by atoms with E-state index in [2.05, 4.69) is 26.1 Å². The molecule has 0 aliphatic carbocycles. The summed E-state index contributed by atoms with van der Waals surface area (Å²) in [6.45, 7) is 8.01. The predicted molar refractivity (Wildman–Crippen MR) is 128 cm³/mol. The number of carbonyl (C=O) groups is 2. The first-order chi connectivity index (χ1) is 15.6.